The molecule has 2 rings (SSSR count). The van der Waals surface area contributed by atoms with Crippen molar-refractivity contribution < 1.29 is 14.6 Å². The maximum Gasteiger partial charge on any atom is 0.260 e. The van der Waals surface area contributed by atoms with Gasteiger partial charge in [0, 0.05) is 12.6 Å². The summed E-state index contributed by atoms with van der Waals surface area (Å²) in [5.41, 5.74) is 1.19. The van der Waals surface area contributed by atoms with E-state index in [1.54, 1.807) is 4.90 Å². The van der Waals surface area contributed by atoms with Gasteiger partial charge >= 0.3 is 0 Å². The van der Waals surface area contributed by atoms with Gasteiger partial charge in [-0.25, -0.2) is 0 Å². The largest absolute Gasteiger partial charge is 0.484 e. The summed E-state index contributed by atoms with van der Waals surface area (Å²) in [6, 6.07) is 8.10. The fraction of sp³-hybridized carbons (Fsp3) is 0.533. The van der Waals surface area contributed by atoms with Gasteiger partial charge in [-0.15, -0.1) is 0 Å². The molecule has 1 fully saturated rings. The maximum absolute atomic E-state index is 12.0. The standard InChI is InChI=1S/C15H21NO3/c1-2-12-4-3-5-14(10-12)19-11-15(18)16(8-9-17)13-6-7-13/h3-5,10,13,17H,2,6-9,11H2,1H3. The predicted molar refractivity (Wildman–Crippen MR) is 73.1 cm³/mol. The number of hydrogen-bond acceptors (Lipinski definition) is 3. The van der Waals surface area contributed by atoms with Crippen LogP contribution in [0.2, 0.25) is 0 Å². The van der Waals surface area contributed by atoms with Crippen LogP contribution < -0.4 is 4.74 Å². The van der Waals surface area contributed by atoms with Crippen LogP contribution in [0.3, 0.4) is 0 Å². The Morgan fingerprint density at radius 2 is 2.26 bits per heavy atom. The van der Waals surface area contributed by atoms with Crippen molar-refractivity contribution in [3.05, 3.63) is 29.8 Å². The molecule has 1 aromatic rings. The van der Waals surface area contributed by atoms with Crippen LogP contribution >= 0.6 is 0 Å². The van der Waals surface area contributed by atoms with Crippen LogP contribution in [0.25, 0.3) is 0 Å². The quantitative estimate of drug-likeness (QED) is 0.813. The molecule has 0 atom stereocenters. The SMILES string of the molecule is CCc1cccc(OCC(=O)N(CCO)C2CC2)c1. The molecule has 4 heteroatoms. The number of benzene rings is 1. The van der Waals surface area contributed by atoms with Crippen LogP contribution in [0.15, 0.2) is 24.3 Å². The van der Waals surface area contributed by atoms with Gasteiger partial charge in [-0.1, -0.05) is 19.1 Å². The van der Waals surface area contributed by atoms with Crippen molar-refractivity contribution in [2.75, 3.05) is 19.8 Å². The first kappa shape index (κ1) is 13.9. The molecule has 1 aliphatic rings. The number of ether oxygens (including phenoxy) is 1. The van der Waals surface area contributed by atoms with E-state index in [9.17, 15) is 4.79 Å². The fourth-order valence-corrected chi connectivity index (χ4v) is 2.09. The normalized spacial score (nSPS) is 14.2. The summed E-state index contributed by atoms with van der Waals surface area (Å²) in [7, 11) is 0. The Morgan fingerprint density at radius 3 is 2.89 bits per heavy atom. The van der Waals surface area contributed by atoms with Crippen LogP contribution in [0, 0.1) is 0 Å². The lowest BCUT2D eigenvalue weighted by Crippen LogP contribution is -2.38. The fourth-order valence-electron chi connectivity index (χ4n) is 2.09. The number of amides is 1. The minimum atomic E-state index is -0.0431. The van der Waals surface area contributed by atoms with Gasteiger partial charge in [0.1, 0.15) is 5.75 Å². The molecule has 1 N–H and O–H groups in total. The Balaban J connectivity index is 1.87. The summed E-state index contributed by atoms with van der Waals surface area (Å²) < 4.78 is 5.54. The highest BCUT2D eigenvalue weighted by Gasteiger charge is 2.32. The topological polar surface area (TPSA) is 49.8 Å². The summed E-state index contributed by atoms with van der Waals surface area (Å²) in [6.07, 6.45) is 3.03. The van der Waals surface area contributed by atoms with Gasteiger partial charge in [0.2, 0.25) is 0 Å². The molecule has 104 valence electrons. The highest BCUT2D eigenvalue weighted by Crippen LogP contribution is 2.26. The molecule has 0 bridgehead atoms. The molecule has 0 radical (unpaired) electrons. The molecule has 1 saturated carbocycles. The Morgan fingerprint density at radius 1 is 1.47 bits per heavy atom. The molecule has 19 heavy (non-hydrogen) atoms. The number of hydrogen-bond donors (Lipinski definition) is 1. The second-order valence-electron chi connectivity index (χ2n) is 4.83. The van der Waals surface area contributed by atoms with Crippen molar-refractivity contribution in [2.45, 2.75) is 32.2 Å². The molecule has 1 aromatic carbocycles. The van der Waals surface area contributed by atoms with E-state index in [1.165, 1.54) is 5.56 Å². The summed E-state index contributed by atoms with van der Waals surface area (Å²) in [6.45, 7) is 2.54. The summed E-state index contributed by atoms with van der Waals surface area (Å²) in [5, 5.41) is 8.98. The average Bonchev–Trinajstić information content (AvgIpc) is 3.27. The van der Waals surface area contributed by atoms with Crippen molar-refractivity contribution in [3.8, 4) is 5.75 Å². The number of carbonyl (C=O) groups is 1. The first-order valence-electron chi connectivity index (χ1n) is 6.86. The summed E-state index contributed by atoms with van der Waals surface area (Å²) in [4.78, 5) is 13.8. The van der Waals surface area contributed by atoms with E-state index in [1.807, 2.05) is 24.3 Å². The van der Waals surface area contributed by atoms with Crippen molar-refractivity contribution in [1.82, 2.24) is 4.90 Å². The van der Waals surface area contributed by atoms with E-state index >= 15 is 0 Å². The number of carbonyl (C=O) groups excluding carboxylic acids is 1. The zero-order valence-corrected chi connectivity index (χ0v) is 11.3. The predicted octanol–water partition coefficient (Wildman–Crippen LogP) is 1.61. The Kier molecular flexibility index (Phi) is 4.80. The smallest absolute Gasteiger partial charge is 0.260 e. The third-order valence-corrected chi connectivity index (χ3v) is 3.32. The molecule has 1 aliphatic carbocycles. The molecule has 0 aliphatic heterocycles. The van der Waals surface area contributed by atoms with Crippen LogP contribution in [-0.4, -0.2) is 41.7 Å². The minimum Gasteiger partial charge on any atom is -0.484 e. The van der Waals surface area contributed by atoms with E-state index < -0.39 is 0 Å². The lowest BCUT2D eigenvalue weighted by atomic mass is 10.2. The third kappa shape index (κ3) is 3.96. The van der Waals surface area contributed by atoms with Crippen LogP contribution in [0.5, 0.6) is 5.75 Å². The average molecular weight is 263 g/mol. The van der Waals surface area contributed by atoms with Crippen molar-refractivity contribution >= 4 is 5.91 Å². The van der Waals surface area contributed by atoms with Crippen molar-refractivity contribution in [2.24, 2.45) is 0 Å². The summed E-state index contributed by atoms with van der Waals surface area (Å²) in [5.74, 6) is 0.686. The van der Waals surface area contributed by atoms with Crippen LogP contribution in [0.1, 0.15) is 25.3 Å². The van der Waals surface area contributed by atoms with Gasteiger partial charge in [-0.05, 0) is 37.0 Å². The van der Waals surface area contributed by atoms with Crippen LogP contribution in [-0.2, 0) is 11.2 Å². The van der Waals surface area contributed by atoms with Gasteiger partial charge in [0.05, 0.1) is 6.61 Å². The highest BCUT2D eigenvalue weighted by atomic mass is 16.5. The lowest BCUT2D eigenvalue weighted by Gasteiger charge is -2.21. The number of nitrogens with zero attached hydrogens (tertiary/aromatic N) is 1. The second kappa shape index (κ2) is 6.57. The minimum absolute atomic E-state index is 0.00750. The second-order valence-corrected chi connectivity index (χ2v) is 4.83. The zero-order chi connectivity index (χ0) is 13.7. The number of rotatable bonds is 7. The number of aliphatic hydroxyl groups is 1. The molecular weight excluding hydrogens is 242 g/mol. The van der Waals surface area contributed by atoms with Gasteiger partial charge in [0.25, 0.3) is 5.91 Å². The van der Waals surface area contributed by atoms with E-state index in [2.05, 4.69) is 6.92 Å². The van der Waals surface area contributed by atoms with Gasteiger partial charge in [0.15, 0.2) is 6.61 Å². The van der Waals surface area contributed by atoms with Gasteiger partial charge < -0.3 is 14.7 Å². The first-order chi connectivity index (χ1) is 9.24. The zero-order valence-electron chi connectivity index (χ0n) is 11.3. The first-order valence-corrected chi connectivity index (χ1v) is 6.86. The summed E-state index contributed by atoms with van der Waals surface area (Å²) >= 11 is 0. The maximum atomic E-state index is 12.0. The van der Waals surface area contributed by atoms with E-state index in [0.29, 0.717) is 12.6 Å². The number of aryl methyl sites for hydroxylation is 1. The molecule has 4 nitrogen and oxygen atoms in total. The monoisotopic (exact) mass is 263 g/mol. The number of aliphatic hydroxyl groups excluding tert-OH is 1. The van der Waals surface area contributed by atoms with Gasteiger partial charge in [-0.3, -0.25) is 4.79 Å². The molecule has 1 amide bonds. The Labute approximate surface area is 114 Å². The molecular formula is C15H21NO3. The van der Waals surface area contributed by atoms with Crippen molar-refractivity contribution in [3.63, 3.8) is 0 Å². The Bertz CT molecular complexity index is 429. The van der Waals surface area contributed by atoms with Gasteiger partial charge in [-0.2, -0.15) is 0 Å². The molecule has 0 aromatic heterocycles. The molecule has 0 saturated heterocycles. The van der Waals surface area contributed by atoms with Crippen LogP contribution in [0.4, 0.5) is 0 Å². The lowest BCUT2D eigenvalue weighted by molar-refractivity contribution is -0.134. The molecule has 0 heterocycles. The van der Waals surface area contributed by atoms with E-state index in [0.717, 1.165) is 25.0 Å². The highest BCUT2D eigenvalue weighted by molar-refractivity contribution is 5.78. The Hall–Kier alpha value is -1.55. The molecule has 0 spiro atoms. The molecule has 0 unspecified atom stereocenters. The van der Waals surface area contributed by atoms with E-state index in [-0.39, 0.29) is 19.1 Å². The van der Waals surface area contributed by atoms with E-state index in [4.69, 9.17) is 9.84 Å². The third-order valence-electron chi connectivity index (χ3n) is 3.32. The van der Waals surface area contributed by atoms with Crippen molar-refractivity contribution in [1.29, 1.82) is 0 Å².